The zero-order chi connectivity index (χ0) is 12.4. The standard InChI is InChI=1S/C12H14FNO3/c1-8-7-14(4-5-17-8)12(16)10-3-2-9(15)6-11(10)13/h2-3,6,8,15H,4-5,7H2,1H3. The van der Waals surface area contributed by atoms with E-state index in [4.69, 9.17) is 9.84 Å². The lowest BCUT2D eigenvalue weighted by Crippen LogP contribution is -2.44. The number of carbonyl (C=O) groups excluding carboxylic acids is 1. The van der Waals surface area contributed by atoms with Crippen LogP contribution in [0.25, 0.3) is 0 Å². The smallest absolute Gasteiger partial charge is 0.257 e. The van der Waals surface area contributed by atoms with Gasteiger partial charge in [-0.25, -0.2) is 4.39 Å². The molecule has 0 bridgehead atoms. The van der Waals surface area contributed by atoms with E-state index in [1.54, 1.807) is 4.90 Å². The minimum absolute atomic E-state index is 0.0168. The van der Waals surface area contributed by atoms with Crippen LogP contribution in [0.5, 0.6) is 5.75 Å². The minimum atomic E-state index is -0.700. The topological polar surface area (TPSA) is 49.8 Å². The normalized spacial score (nSPS) is 20.4. The van der Waals surface area contributed by atoms with Gasteiger partial charge in [-0.2, -0.15) is 0 Å². The first-order valence-electron chi connectivity index (χ1n) is 5.47. The molecule has 1 aliphatic heterocycles. The van der Waals surface area contributed by atoms with Gasteiger partial charge in [0, 0.05) is 19.2 Å². The fourth-order valence-electron chi connectivity index (χ4n) is 1.85. The molecule has 5 heteroatoms. The van der Waals surface area contributed by atoms with E-state index >= 15 is 0 Å². The third-order valence-electron chi connectivity index (χ3n) is 2.71. The van der Waals surface area contributed by atoms with Gasteiger partial charge in [0.15, 0.2) is 0 Å². The van der Waals surface area contributed by atoms with Gasteiger partial charge in [-0.3, -0.25) is 4.79 Å². The number of rotatable bonds is 1. The Morgan fingerprint density at radius 3 is 3.00 bits per heavy atom. The van der Waals surface area contributed by atoms with Crippen LogP contribution in [0.3, 0.4) is 0 Å². The maximum Gasteiger partial charge on any atom is 0.257 e. The van der Waals surface area contributed by atoms with Crippen molar-refractivity contribution < 1.29 is 19.0 Å². The minimum Gasteiger partial charge on any atom is -0.508 e. The highest BCUT2D eigenvalue weighted by molar-refractivity contribution is 5.94. The van der Waals surface area contributed by atoms with Crippen molar-refractivity contribution in [3.8, 4) is 5.75 Å². The van der Waals surface area contributed by atoms with Crippen molar-refractivity contribution in [1.82, 2.24) is 4.90 Å². The van der Waals surface area contributed by atoms with E-state index in [0.717, 1.165) is 6.07 Å². The fourth-order valence-corrected chi connectivity index (χ4v) is 1.85. The highest BCUT2D eigenvalue weighted by Gasteiger charge is 2.24. The van der Waals surface area contributed by atoms with E-state index in [-0.39, 0.29) is 23.3 Å². The van der Waals surface area contributed by atoms with Crippen LogP contribution in [0.4, 0.5) is 4.39 Å². The summed E-state index contributed by atoms with van der Waals surface area (Å²) in [5.41, 5.74) is -0.0168. The molecule has 1 fully saturated rings. The Morgan fingerprint density at radius 2 is 2.35 bits per heavy atom. The summed E-state index contributed by atoms with van der Waals surface area (Å²) < 4.78 is 18.8. The second-order valence-corrected chi connectivity index (χ2v) is 4.10. The molecule has 0 radical (unpaired) electrons. The molecule has 1 aliphatic rings. The van der Waals surface area contributed by atoms with Crippen LogP contribution in [0.15, 0.2) is 18.2 Å². The molecule has 1 saturated heterocycles. The Kier molecular flexibility index (Phi) is 3.28. The molecule has 0 spiro atoms. The number of hydrogen-bond acceptors (Lipinski definition) is 3. The van der Waals surface area contributed by atoms with Gasteiger partial charge in [-0.1, -0.05) is 0 Å². The Balaban J connectivity index is 2.18. The van der Waals surface area contributed by atoms with E-state index in [9.17, 15) is 9.18 Å². The number of amides is 1. The molecular formula is C12H14FNO3. The summed E-state index contributed by atoms with van der Waals surface area (Å²) in [6.07, 6.45) is -0.0344. The van der Waals surface area contributed by atoms with E-state index in [2.05, 4.69) is 0 Å². The van der Waals surface area contributed by atoms with Gasteiger partial charge < -0.3 is 14.7 Å². The molecule has 0 saturated carbocycles. The lowest BCUT2D eigenvalue weighted by atomic mass is 10.1. The van der Waals surface area contributed by atoms with E-state index < -0.39 is 5.82 Å². The first kappa shape index (κ1) is 11.9. The van der Waals surface area contributed by atoms with Crippen LogP contribution in [-0.2, 0) is 4.74 Å². The number of aromatic hydroxyl groups is 1. The molecule has 4 nitrogen and oxygen atoms in total. The largest absolute Gasteiger partial charge is 0.508 e. The highest BCUT2D eigenvalue weighted by atomic mass is 19.1. The number of phenols is 1. The predicted molar refractivity (Wildman–Crippen MR) is 59.4 cm³/mol. The number of halogens is 1. The summed E-state index contributed by atoms with van der Waals surface area (Å²) in [7, 11) is 0. The summed E-state index contributed by atoms with van der Waals surface area (Å²) in [4.78, 5) is 13.6. The van der Waals surface area contributed by atoms with Gasteiger partial charge in [0.2, 0.25) is 0 Å². The Labute approximate surface area is 98.6 Å². The molecule has 2 rings (SSSR count). The number of carbonyl (C=O) groups is 1. The lowest BCUT2D eigenvalue weighted by molar-refractivity contribution is -0.0125. The van der Waals surface area contributed by atoms with Crippen molar-refractivity contribution in [2.75, 3.05) is 19.7 Å². The first-order chi connectivity index (χ1) is 8.08. The van der Waals surface area contributed by atoms with E-state index in [0.29, 0.717) is 19.7 Å². The van der Waals surface area contributed by atoms with Crippen LogP contribution < -0.4 is 0 Å². The second-order valence-electron chi connectivity index (χ2n) is 4.10. The quantitative estimate of drug-likeness (QED) is 0.805. The van der Waals surface area contributed by atoms with Crippen LogP contribution in [-0.4, -0.2) is 41.7 Å². The molecule has 1 amide bonds. The van der Waals surface area contributed by atoms with Crippen molar-refractivity contribution in [3.05, 3.63) is 29.6 Å². The lowest BCUT2D eigenvalue weighted by Gasteiger charge is -2.31. The Morgan fingerprint density at radius 1 is 1.59 bits per heavy atom. The number of benzene rings is 1. The summed E-state index contributed by atoms with van der Waals surface area (Å²) >= 11 is 0. The molecule has 1 aromatic rings. The molecule has 0 aliphatic carbocycles. The van der Waals surface area contributed by atoms with Crippen molar-refractivity contribution in [2.24, 2.45) is 0 Å². The van der Waals surface area contributed by atoms with Gasteiger partial charge >= 0.3 is 0 Å². The van der Waals surface area contributed by atoms with Gasteiger partial charge in [-0.05, 0) is 19.1 Å². The van der Waals surface area contributed by atoms with Crippen LogP contribution in [0.2, 0.25) is 0 Å². The van der Waals surface area contributed by atoms with Crippen molar-refractivity contribution in [2.45, 2.75) is 13.0 Å². The molecule has 1 atom stereocenters. The fraction of sp³-hybridized carbons (Fsp3) is 0.417. The second kappa shape index (κ2) is 4.71. The molecule has 1 heterocycles. The van der Waals surface area contributed by atoms with Crippen LogP contribution in [0.1, 0.15) is 17.3 Å². The number of nitrogens with zero attached hydrogens (tertiary/aromatic N) is 1. The average molecular weight is 239 g/mol. The van der Waals surface area contributed by atoms with Crippen molar-refractivity contribution in [3.63, 3.8) is 0 Å². The zero-order valence-electron chi connectivity index (χ0n) is 9.52. The number of ether oxygens (including phenoxy) is 1. The predicted octanol–water partition coefficient (Wildman–Crippen LogP) is 1.39. The average Bonchev–Trinajstić information content (AvgIpc) is 2.28. The van der Waals surface area contributed by atoms with Gasteiger partial charge in [0.05, 0.1) is 18.3 Å². The molecule has 1 unspecified atom stereocenters. The SMILES string of the molecule is CC1CN(C(=O)c2ccc(O)cc2F)CCO1. The molecule has 1 aromatic carbocycles. The van der Waals surface area contributed by atoms with Gasteiger partial charge in [-0.15, -0.1) is 0 Å². The van der Waals surface area contributed by atoms with Crippen molar-refractivity contribution in [1.29, 1.82) is 0 Å². The molecule has 92 valence electrons. The Hall–Kier alpha value is -1.62. The monoisotopic (exact) mass is 239 g/mol. The van der Waals surface area contributed by atoms with E-state index in [1.165, 1.54) is 12.1 Å². The van der Waals surface area contributed by atoms with E-state index in [1.807, 2.05) is 6.92 Å². The maximum absolute atomic E-state index is 13.5. The first-order valence-corrected chi connectivity index (χ1v) is 5.47. The molecule has 1 N–H and O–H groups in total. The molecular weight excluding hydrogens is 225 g/mol. The summed E-state index contributed by atoms with van der Waals surface area (Å²) in [5.74, 6) is -1.25. The third kappa shape index (κ3) is 2.55. The maximum atomic E-state index is 13.5. The zero-order valence-corrected chi connectivity index (χ0v) is 9.52. The molecule has 17 heavy (non-hydrogen) atoms. The van der Waals surface area contributed by atoms with Gasteiger partial charge in [0.1, 0.15) is 11.6 Å². The van der Waals surface area contributed by atoms with Crippen LogP contribution in [0, 0.1) is 5.82 Å². The summed E-state index contributed by atoms with van der Waals surface area (Å²) in [6, 6.07) is 3.55. The summed E-state index contributed by atoms with van der Waals surface area (Å²) in [5, 5.41) is 9.09. The third-order valence-corrected chi connectivity index (χ3v) is 2.71. The number of morpholine rings is 1. The van der Waals surface area contributed by atoms with Gasteiger partial charge in [0.25, 0.3) is 5.91 Å². The highest BCUT2D eigenvalue weighted by Crippen LogP contribution is 2.18. The van der Waals surface area contributed by atoms with Crippen LogP contribution >= 0.6 is 0 Å². The number of hydrogen-bond donors (Lipinski definition) is 1. The number of phenolic OH excluding ortho intramolecular Hbond substituents is 1. The molecule has 0 aromatic heterocycles. The van der Waals surface area contributed by atoms with Crippen molar-refractivity contribution >= 4 is 5.91 Å². The summed E-state index contributed by atoms with van der Waals surface area (Å²) in [6.45, 7) is 3.25. The Bertz CT molecular complexity index is 436.